The highest BCUT2D eigenvalue weighted by Gasteiger charge is 1.96. The van der Waals surface area contributed by atoms with Crippen LogP contribution in [0.4, 0.5) is 0 Å². The van der Waals surface area contributed by atoms with E-state index in [2.05, 4.69) is 6.92 Å². The lowest BCUT2D eigenvalue weighted by molar-refractivity contribution is -0.137. The number of carbonyl (C=O) groups is 1. The molecule has 0 bridgehead atoms. The summed E-state index contributed by atoms with van der Waals surface area (Å²) in [5, 5.41) is 8.46. The summed E-state index contributed by atoms with van der Waals surface area (Å²) in [7, 11) is 0. The van der Waals surface area contributed by atoms with Gasteiger partial charge in [-0.05, 0) is 6.42 Å². The summed E-state index contributed by atoms with van der Waals surface area (Å²) in [6, 6.07) is 0. The molecule has 21 heavy (non-hydrogen) atoms. The molecule has 2 heteroatoms. The molecule has 1 rings (SSSR count). The van der Waals surface area contributed by atoms with Crippen molar-refractivity contribution in [3.63, 3.8) is 0 Å². The van der Waals surface area contributed by atoms with Crippen LogP contribution in [-0.4, -0.2) is 11.1 Å². The highest BCUT2D eigenvalue weighted by Crippen LogP contribution is 2.15. The first-order valence-corrected chi connectivity index (χ1v) is 9.49. The van der Waals surface area contributed by atoms with Gasteiger partial charge < -0.3 is 5.11 Å². The topological polar surface area (TPSA) is 37.3 Å². The zero-order valence-corrected chi connectivity index (χ0v) is 14.4. The summed E-state index contributed by atoms with van der Waals surface area (Å²) in [6.45, 7) is 2.25. The Morgan fingerprint density at radius 3 is 1.33 bits per heavy atom. The van der Waals surface area contributed by atoms with E-state index in [-0.39, 0.29) is 0 Å². The minimum Gasteiger partial charge on any atom is -0.481 e. The lowest BCUT2D eigenvalue weighted by Crippen LogP contribution is -1.93. The molecule has 0 aromatic rings. The molecule has 1 N–H and O–H groups in total. The molecule has 1 saturated carbocycles. The van der Waals surface area contributed by atoms with Crippen molar-refractivity contribution in [2.24, 2.45) is 0 Å². The molecule has 1 fully saturated rings. The SMILES string of the molecule is C1CCCC1.CCCCCCCCCCCCCC(=O)O. The lowest BCUT2D eigenvalue weighted by atomic mass is 10.1. The Morgan fingerprint density at radius 1 is 0.667 bits per heavy atom. The molecule has 0 aromatic carbocycles. The Hall–Kier alpha value is -0.530. The van der Waals surface area contributed by atoms with E-state index < -0.39 is 5.97 Å². The molecule has 0 heterocycles. The molecule has 1 aliphatic carbocycles. The van der Waals surface area contributed by atoms with Crippen molar-refractivity contribution >= 4 is 5.97 Å². The highest BCUT2D eigenvalue weighted by atomic mass is 16.4. The molecule has 0 radical (unpaired) electrons. The fourth-order valence-corrected chi connectivity index (χ4v) is 2.82. The summed E-state index contributed by atoms with van der Waals surface area (Å²) < 4.78 is 0. The number of aliphatic carboxylic acids is 1. The van der Waals surface area contributed by atoms with E-state index in [1.165, 1.54) is 89.9 Å². The fourth-order valence-electron chi connectivity index (χ4n) is 2.82. The van der Waals surface area contributed by atoms with Crippen LogP contribution in [0.2, 0.25) is 0 Å². The highest BCUT2D eigenvalue weighted by molar-refractivity contribution is 5.66. The number of rotatable bonds is 12. The molecule has 0 aromatic heterocycles. The maximum Gasteiger partial charge on any atom is 0.303 e. The zero-order valence-electron chi connectivity index (χ0n) is 14.4. The summed E-state index contributed by atoms with van der Waals surface area (Å²) >= 11 is 0. The van der Waals surface area contributed by atoms with Crippen LogP contribution in [-0.2, 0) is 4.79 Å². The quantitative estimate of drug-likeness (QED) is 0.406. The normalized spacial score (nSPS) is 13.8. The average Bonchev–Trinajstić information content (AvgIpc) is 3.04. The zero-order chi connectivity index (χ0) is 15.6. The van der Waals surface area contributed by atoms with Crippen molar-refractivity contribution < 1.29 is 9.90 Å². The molecular formula is C19H38O2. The minimum absolute atomic E-state index is 0.344. The molecule has 0 spiro atoms. The molecule has 0 saturated heterocycles. The van der Waals surface area contributed by atoms with Gasteiger partial charge in [0.05, 0.1) is 0 Å². The molecule has 0 unspecified atom stereocenters. The number of unbranched alkanes of at least 4 members (excludes halogenated alkanes) is 10. The van der Waals surface area contributed by atoms with Gasteiger partial charge in [0.2, 0.25) is 0 Å². The number of carboxylic acid groups (broad SMARTS) is 1. The van der Waals surface area contributed by atoms with Crippen LogP contribution in [0.5, 0.6) is 0 Å². The van der Waals surface area contributed by atoms with Crippen LogP contribution in [0.15, 0.2) is 0 Å². The monoisotopic (exact) mass is 298 g/mol. The van der Waals surface area contributed by atoms with Crippen molar-refractivity contribution in [3.05, 3.63) is 0 Å². The largest absolute Gasteiger partial charge is 0.481 e. The van der Waals surface area contributed by atoms with Gasteiger partial charge in [-0.25, -0.2) is 0 Å². The smallest absolute Gasteiger partial charge is 0.303 e. The van der Waals surface area contributed by atoms with Gasteiger partial charge in [0.15, 0.2) is 0 Å². The third-order valence-electron chi connectivity index (χ3n) is 4.24. The molecule has 0 atom stereocenters. The van der Waals surface area contributed by atoms with Crippen molar-refractivity contribution in [2.75, 3.05) is 0 Å². The standard InChI is InChI=1S/C14H28O2.C5H10/c1-2-3-4-5-6-7-8-9-10-11-12-13-14(15)16;1-2-4-5-3-1/h2-13H2,1H3,(H,15,16);1-5H2. The van der Waals surface area contributed by atoms with E-state index in [1.54, 1.807) is 0 Å². The number of carboxylic acids is 1. The van der Waals surface area contributed by atoms with Gasteiger partial charge in [0.1, 0.15) is 0 Å². The van der Waals surface area contributed by atoms with Crippen molar-refractivity contribution in [1.82, 2.24) is 0 Å². The number of hydrogen-bond donors (Lipinski definition) is 1. The van der Waals surface area contributed by atoms with Gasteiger partial charge in [-0.1, -0.05) is 103 Å². The lowest BCUT2D eigenvalue weighted by Gasteiger charge is -2.01. The summed E-state index contributed by atoms with van der Waals surface area (Å²) in [4.78, 5) is 10.3. The van der Waals surface area contributed by atoms with E-state index in [0.717, 1.165) is 12.8 Å². The maximum absolute atomic E-state index is 10.3. The average molecular weight is 299 g/mol. The second-order valence-corrected chi connectivity index (χ2v) is 6.45. The van der Waals surface area contributed by atoms with Crippen LogP contribution >= 0.6 is 0 Å². The minimum atomic E-state index is -0.657. The maximum atomic E-state index is 10.3. The second-order valence-electron chi connectivity index (χ2n) is 6.45. The Labute approximate surface area is 132 Å². The van der Waals surface area contributed by atoms with E-state index in [4.69, 9.17) is 5.11 Å². The third kappa shape index (κ3) is 19.5. The third-order valence-corrected chi connectivity index (χ3v) is 4.24. The van der Waals surface area contributed by atoms with Crippen molar-refractivity contribution in [2.45, 2.75) is 116 Å². The summed E-state index contributed by atoms with van der Waals surface area (Å²) in [5.41, 5.74) is 0. The van der Waals surface area contributed by atoms with Gasteiger partial charge in [-0.15, -0.1) is 0 Å². The Balaban J connectivity index is 0.000000662. The van der Waals surface area contributed by atoms with E-state index in [1.807, 2.05) is 0 Å². The molecule has 2 nitrogen and oxygen atoms in total. The van der Waals surface area contributed by atoms with Crippen LogP contribution in [0.3, 0.4) is 0 Å². The Bertz CT molecular complexity index is 202. The summed E-state index contributed by atoms with van der Waals surface area (Å²) in [6.07, 6.45) is 21.9. The van der Waals surface area contributed by atoms with Crippen molar-refractivity contribution in [1.29, 1.82) is 0 Å². The van der Waals surface area contributed by atoms with Gasteiger partial charge in [-0.3, -0.25) is 4.79 Å². The first-order valence-electron chi connectivity index (χ1n) is 9.49. The first kappa shape index (κ1) is 20.5. The first-order chi connectivity index (χ1) is 10.3. The van der Waals surface area contributed by atoms with Gasteiger partial charge in [-0.2, -0.15) is 0 Å². The van der Waals surface area contributed by atoms with Crippen LogP contribution in [0, 0.1) is 0 Å². The second kappa shape index (κ2) is 17.5. The van der Waals surface area contributed by atoms with Gasteiger partial charge in [0, 0.05) is 6.42 Å². The van der Waals surface area contributed by atoms with Crippen molar-refractivity contribution in [3.8, 4) is 0 Å². The van der Waals surface area contributed by atoms with E-state index in [9.17, 15) is 4.79 Å². The van der Waals surface area contributed by atoms with Crippen LogP contribution in [0.1, 0.15) is 116 Å². The van der Waals surface area contributed by atoms with Crippen LogP contribution < -0.4 is 0 Å². The molecule has 0 amide bonds. The van der Waals surface area contributed by atoms with Crippen LogP contribution in [0.25, 0.3) is 0 Å². The molecule has 1 aliphatic rings. The van der Waals surface area contributed by atoms with E-state index in [0.29, 0.717) is 6.42 Å². The summed E-state index contributed by atoms with van der Waals surface area (Å²) in [5.74, 6) is -0.657. The van der Waals surface area contributed by atoms with Gasteiger partial charge >= 0.3 is 5.97 Å². The number of hydrogen-bond acceptors (Lipinski definition) is 1. The molecule has 126 valence electrons. The molecular weight excluding hydrogens is 260 g/mol. The fraction of sp³-hybridized carbons (Fsp3) is 0.947. The Kier molecular flexibility index (Phi) is 17.1. The van der Waals surface area contributed by atoms with E-state index >= 15 is 0 Å². The predicted octanol–water partition coefficient (Wildman–Crippen LogP) is 6.72. The van der Waals surface area contributed by atoms with Gasteiger partial charge in [0.25, 0.3) is 0 Å². The Morgan fingerprint density at radius 2 is 1.00 bits per heavy atom. The predicted molar refractivity (Wildman–Crippen MR) is 91.8 cm³/mol. The molecule has 0 aliphatic heterocycles.